The molecule has 1 atom stereocenters. The number of halogens is 1. The molecule has 0 radical (unpaired) electrons. The molecule has 3 aromatic heterocycles. The lowest BCUT2D eigenvalue weighted by Gasteiger charge is -2.45. The SMILES string of the molecule is CN(C)C(C)(C)C1CCCN(c2ccc(Nc3ccc(-c4cnc5cc(F)ccn45)c4c3C(=O)NC4)nc2)C1. The molecule has 1 amide bonds. The molecule has 1 aromatic carbocycles. The molecule has 1 unspecified atom stereocenters. The van der Waals surface area contributed by atoms with Gasteiger partial charge in [-0.1, -0.05) is 6.07 Å². The lowest BCUT2D eigenvalue weighted by atomic mass is 9.80. The van der Waals surface area contributed by atoms with Gasteiger partial charge in [0.2, 0.25) is 0 Å². The molecule has 0 aliphatic carbocycles. The Morgan fingerprint density at radius 1 is 1.13 bits per heavy atom. The van der Waals surface area contributed by atoms with Crippen molar-refractivity contribution in [3.8, 4) is 11.3 Å². The van der Waals surface area contributed by atoms with Crippen molar-refractivity contribution in [3.05, 3.63) is 71.9 Å². The molecule has 1 saturated heterocycles. The van der Waals surface area contributed by atoms with Crippen molar-refractivity contribution >= 4 is 28.7 Å². The zero-order valence-electron chi connectivity index (χ0n) is 22.8. The van der Waals surface area contributed by atoms with Crippen LogP contribution in [0.15, 0.2) is 55.0 Å². The molecule has 8 nitrogen and oxygen atoms in total. The van der Waals surface area contributed by atoms with Crippen LogP contribution in [0.5, 0.6) is 0 Å². The lowest BCUT2D eigenvalue weighted by molar-refractivity contribution is 0.0966. The number of pyridine rings is 2. The molecule has 6 rings (SSSR count). The average molecular weight is 528 g/mol. The maximum atomic E-state index is 13.7. The summed E-state index contributed by atoms with van der Waals surface area (Å²) in [5, 5.41) is 6.31. The van der Waals surface area contributed by atoms with Crippen LogP contribution in [0.25, 0.3) is 16.9 Å². The Labute approximate surface area is 227 Å². The minimum atomic E-state index is -0.336. The number of carbonyl (C=O) groups is 1. The average Bonchev–Trinajstić information content (AvgIpc) is 3.53. The maximum absolute atomic E-state index is 13.7. The summed E-state index contributed by atoms with van der Waals surface area (Å²) in [4.78, 5) is 26.7. The van der Waals surface area contributed by atoms with Gasteiger partial charge in [0.25, 0.3) is 5.91 Å². The summed E-state index contributed by atoms with van der Waals surface area (Å²) in [6.07, 6.45) is 7.68. The molecule has 5 heterocycles. The fourth-order valence-electron chi connectivity index (χ4n) is 5.79. The van der Waals surface area contributed by atoms with E-state index in [0.717, 1.165) is 42.0 Å². The van der Waals surface area contributed by atoms with E-state index in [1.165, 1.54) is 18.6 Å². The summed E-state index contributed by atoms with van der Waals surface area (Å²) in [5.41, 5.74) is 5.64. The molecule has 0 spiro atoms. The zero-order valence-corrected chi connectivity index (χ0v) is 22.8. The van der Waals surface area contributed by atoms with Crippen LogP contribution < -0.4 is 15.5 Å². The van der Waals surface area contributed by atoms with Crippen LogP contribution in [-0.2, 0) is 6.54 Å². The molecule has 4 aromatic rings. The summed E-state index contributed by atoms with van der Waals surface area (Å²) >= 11 is 0. The second-order valence-corrected chi connectivity index (χ2v) is 11.3. The number of anilines is 3. The molecular formula is C30H34FN7O. The number of nitrogens with one attached hydrogen (secondary N) is 2. The van der Waals surface area contributed by atoms with Crippen LogP contribution in [0.4, 0.5) is 21.6 Å². The fraction of sp³-hybridized carbons (Fsp3) is 0.367. The number of amides is 1. The number of hydrogen-bond acceptors (Lipinski definition) is 6. The molecule has 1 fully saturated rings. The van der Waals surface area contributed by atoms with Crippen LogP contribution in [0, 0.1) is 11.7 Å². The topological polar surface area (TPSA) is 77.8 Å². The van der Waals surface area contributed by atoms with Crippen LogP contribution in [-0.4, -0.2) is 57.9 Å². The van der Waals surface area contributed by atoms with E-state index in [0.29, 0.717) is 35.2 Å². The third-order valence-corrected chi connectivity index (χ3v) is 8.67. The van der Waals surface area contributed by atoms with Crippen molar-refractivity contribution in [2.45, 2.75) is 38.8 Å². The van der Waals surface area contributed by atoms with Crippen LogP contribution >= 0.6 is 0 Å². The van der Waals surface area contributed by atoms with Gasteiger partial charge in [0, 0.05) is 43.0 Å². The number of rotatable bonds is 6. The monoisotopic (exact) mass is 527 g/mol. The Bertz CT molecular complexity index is 1540. The van der Waals surface area contributed by atoms with E-state index in [1.54, 1.807) is 12.4 Å². The van der Waals surface area contributed by atoms with Gasteiger partial charge >= 0.3 is 0 Å². The van der Waals surface area contributed by atoms with Crippen LogP contribution in [0.3, 0.4) is 0 Å². The highest BCUT2D eigenvalue weighted by Crippen LogP contribution is 2.36. The molecule has 0 saturated carbocycles. The summed E-state index contributed by atoms with van der Waals surface area (Å²) in [6, 6.07) is 10.7. The minimum absolute atomic E-state index is 0.125. The second kappa shape index (κ2) is 9.64. The predicted molar refractivity (Wildman–Crippen MR) is 152 cm³/mol. The number of carbonyl (C=O) groups excluding carboxylic acids is 1. The molecule has 2 N–H and O–H groups in total. The summed E-state index contributed by atoms with van der Waals surface area (Å²) in [7, 11) is 4.31. The molecule has 202 valence electrons. The number of piperidine rings is 1. The number of imidazole rings is 1. The van der Waals surface area contributed by atoms with Gasteiger partial charge in [-0.05, 0) is 76.5 Å². The number of aromatic nitrogens is 3. The van der Waals surface area contributed by atoms with E-state index in [-0.39, 0.29) is 17.3 Å². The second-order valence-electron chi connectivity index (χ2n) is 11.3. The number of fused-ring (bicyclic) bond motifs is 2. The molecule has 2 aliphatic rings. The first-order valence-electron chi connectivity index (χ1n) is 13.4. The Morgan fingerprint density at radius 3 is 2.74 bits per heavy atom. The van der Waals surface area contributed by atoms with Crippen molar-refractivity contribution < 1.29 is 9.18 Å². The van der Waals surface area contributed by atoms with Crippen molar-refractivity contribution in [2.24, 2.45) is 5.92 Å². The Kier molecular flexibility index (Phi) is 6.26. The Hall–Kier alpha value is -3.98. The normalized spacial score (nSPS) is 17.5. The molecule has 0 bridgehead atoms. The van der Waals surface area contributed by atoms with Gasteiger partial charge in [-0.3, -0.25) is 9.20 Å². The minimum Gasteiger partial charge on any atom is -0.370 e. The maximum Gasteiger partial charge on any atom is 0.254 e. The summed E-state index contributed by atoms with van der Waals surface area (Å²) in [5.74, 6) is 0.789. The predicted octanol–water partition coefficient (Wildman–Crippen LogP) is 5.08. The van der Waals surface area contributed by atoms with E-state index in [9.17, 15) is 9.18 Å². The third-order valence-electron chi connectivity index (χ3n) is 8.67. The van der Waals surface area contributed by atoms with E-state index in [2.05, 4.69) is 59.4 Å². The fourth-order valence-corrected chi connectivity index (χ4v) is 5.79. The summed E-state index contributed by atoms with van der Waals surface area (Å²) < 4.78 is 15.5. The highest BCUT2D eigenvalue weighted by molar-refractivity contribution is 6.06. The first-order valence-corrected chi connectivity index (χ1v) is 13.4. The van der Waals surface area contributed by atoms with Gasteiger partial charge in [0.05, 0.1) is 35.0 Å². The van der Waals surface area contributed by atoms with Crippen LogP contribution in [0.2, 0.25) is 0 Å². The highest BCUT2D eigenvalue weighted by atomic mass is 19.1. The quantitative estimate of drug-likeness (QED) is 0.364. The first-order chi connectivity index (χ1) is 18.7. The number of benzene rings is 1. The van der Waals surface area contributed by atoms with E-state index >= 15 is 0 Å². The van der Waals surface area contributed by atoms with Crippen molar-refractivity contribution in [1.29, 1.82) is 0 Å². The Morgan fingerprint density at radius 2 is 1.97 bits per heavy atom. The first kappa shape index (κ1) is 25.3. The standard InChI is InChI=1S/C30H34FN7O/c1-30(2,36(3)4)19-6-5-12-37(18-19)21-7-10-26(32-15-21)35-24-9-8-22(23-16-34-29(39)28(23)24)25-17-33-27-14-20(31)11-13-38(25)27/h7-11,13-15,17,19H,5-6,12,16,18H2,1-4H3,(H,32,35)(H,34,39). The van der Waals surface area contributed by atoms with Gasteiger partial charge in [-0.15, -0.1) is 0 Å². The van der Waals surface area contributed by atoms with Crippen LogP contribution in [0.1, 0.15) is 42.6 Å². The van der Waals surface area contributed by atoms with E-state index in [1.807, 2.05) is 28.8 Å². The molecule has 2 aliphatic heterocycles. The van der Waals surface area contributed by atoms with Gasteiger partial charge < -0.3 is 20.4 Å². The van der Waals surface area contributed by atoms with Gasteiger partial charge in [0.1, 0.15) is 17.3 Å². The lowest BCUT2D eigenvalue weighted by Crippen LogP contribution is -2.51. The Balaban J connectivity index is 1.25. The number of hydrogen-bond donors (Lipinski definition) is 2. The third kappa shape index (κ3) is 4.50. The van der Waals surface area contributed by atoms with Gasteiger partial charge in [-0.25, -0.2) is 14.4 Å². The van der Waals surface area contributed by atoms with Crippen molar-refractivity contribution in [1.82, 2.24) is 24.6 Å². The summed E-state index contributed by atoms with van der Waals surface area (Å²) in [6.45, 7) is 7.09. The smallest absolute Gasteiger partial charge is 0.254 e. The van der Waals surface area contributed by atoms with E-state index in [4.69, 9.17) is 4.98 Å². The molecule has 9 heteroatoms. The highest BCUT2D eigenvalue weighted by Gasteiger charge is 2.35. The number of nitrogens with zero attached hydrogens (tertiary/aromatic N) is 5. The van der Waals surface area contributed by atoms with Crippen molar-refractivity contribution in [3.63, 3.8) is 0 Å². The zero-order chi connectivity index (χ0) is 27.3. The molecular weight excluding hydrogens is 493 g/mol. The molecule has 39 heavy (non-hydrogen) atoms. The largest absolute Gasteiger partial charge is 0.370 e. The van der Waals surface area contributed by atoms with Gasteiger partial charge in [-0.2, -0.15) is 0 Å². The van der Waals surface area contributed by atoms with Gasteiger partial charge in [0.15, 0.2) is 0 Å². The van der Waals surface area contributed by atoms with Crippen molar-refractivity contribution in [2.75, 3.05) is 37.4 Å². The van der Waals surface area contributed by atoms with E-state index < -0.39 is 0 Å².